The molecule has 2 amide bonds. The van der Waals surface area contributed by atoms with Gasteiger partial charge in [-0.2, -0.15) is 0 Å². The molecule has 0 spiro atoms. The molecule has 5 heteroatoms. The Labute approximate surface area is 191 Å². The van der Waals surface area contributed by atoms with Crippen LogP contribution in [-0.4, -0.2) is 24.5 Å². The first-order chi connectivity index (χ1) is 15.7. The largest absolute Gasteiger partial charge is 0.494 e. The fourth-order valence-electron chi connectivity index (χ4n) is 4.02. The lowest BCUT2D eigenvalue weighted by Gasteiger charge is -2.22. The van der Waals surface area contributed by atoms with Gasteiger partial charge in [0.1, 0.15) is 5.75 Å². The van der Waals surface area contributed by atoms with E-state index in [1.807, 2.05) is 12.1 Å². The quantitative estimate of drug-likeness (QED) is 0.403. The van der Waals surface area contributed by atoms with E-state index in [-0.39, 0.29) is 17.9 Å². The van der Waals surface area contributed by atoms with Gasteiger partial charge in [-0.3, -0.25) is 9.59 Å². The Kier molecular flexibility index (Phi) is 9.60. The van der Waals surface area contributed by atoms with Gasteiger partial charge in [0.25, 0.3) is 11.8 Å². The van der Waals surface area contributed by atoms with E-state index < -0.39 is 0 Å². The third-order valence-electron chi connectivity index (χ3n) is 5.98. The number of unbranched alkanes of at least 4 members (excludes halogenated alkanes) is 4. The molecule has 3 rings (SSSR count). The average molecular weight is 437 g/mol. The normalized spacial score (nSPS) is 14.0. The first-order valence-electron chi connectivity index (χ1n) is 12.1. The molecule has 0 aromatic heterocycles. The van der Waals surface area contributed by atoms with Gasteiger partial charge in [0, 0.05) is 22.9 Å². The van der Waals surface area contributed by atoms with Gasteiger partial charge in [0.15, 0.2) is 0 Å². The molecule has 1 saturated carbocycles. The van der Waals surface area contributed by atoms with Gasteiger partial charge >= 0.3 is 0 Å². The summed E-state index contributed by atoms with van der Waals surface area (Å²) >= 11 is 0. The molecule has 1 fully saturated rings. The van der Waals surface area contributed by atoms with Gasteiger partial charge < -0.3 is 15.4 Å². The van der Waals surface area contributed by atoms with Gasteiger partial charge in [-0.1, -0.05) is 51.9 Å². The summed E-state index contributed by atoms with van der Waals surface area (Å²) in [7, 11) is 0. The van der Waals surface area contributed by atoms with Crippen molar-refractivity contribution in [3.05, 3.63) is 59.7 Å². The van der Waals surface area contributed by atoms with Crippen LogP contribution in [0.4, 0.5) is 5.69 Å². The Bertz CT molecular complexity index is 840. The Morgan fingerprint density at radius 2 is 1.44 bits per heavy atom. The zero-order chi connectivity index (χ0) is 22.6. The van der Waals surface area contributed by atoms with E-state index in [2.05, 4.69) is 17.6 Å². The summed E-state index contributed by atoms with van der Waals surface area (Å²) in [4.78, 5) is 25.0. The Morgan fingerprint density at radius 1 is 0.812 bits per heavy atom. The van der Waals surface area contributed by atoms with Crippen molar-refractivity contribution in [3.8, 4) is 5.75 Å². The lowest BCUT2D eigenvalue weighted by molar-refractivity contribution is 0.0927. The number of ether oxygens (including phenoxy) is 1. The zero-order valence-electron chi connectivity index (χ0n) is 19.2. The molecular formula is C27H36N2O3. The van der Waals surface area contributed by atoms with E-state index in [4.69, 9.17) is 4.74 Å². The van der Waals surface area contributed by atoms with Gasteiger partial charge in [-0.25, -0.2) is 0 Å². The molecule has 2 aromatic carbocycles. The second kappa shape index (κ2) is 12.9. The van der Waals surface area contributed by atoms with Crippen LogP contribution in [0.5, 0.6) is 5.75 Å². The maximum Gasteiger partial charge on any atom is 0.255 e. The molecule has 2 aromatic rings. The highest BCUT2D eigenvalue weighted by Crippen LogP contribution is 2.19. The molecule has 0 bridgehead atoms. The smallest absolute Gasteiger partial charge is 0.255 e. The molecular weight excluding hydrogens is 400 g/mol. The number of hydrogen-bond acceptors (Lipinski definition) is 3. The maximum absolute atomic E-state index is 12.5. The summed E-state index contributed by atoms with van der Waals surface area (Å²) in [6.07, 6.45) is 11.8. The van der Waals surface area contributed by atoms with Crippen molar-refractivity contribution in [2.24, 2.45) is 0 Å². The lowest BCUT2D eigenvalue weighted by Crippen LogP contribution is -2.36. The molecule has 0 saturated heterocycles. The van der Waals surface area contributed by atoms with E-state index in [0.717, 1.165) is 25.0 Å². The maximum atomic E-state index is 12.5. The molecule has 0 atom stereocenters. The van der Waals surface area contributed by atoms with Gasteiger partial charge in [0.05, 0.1) is 6.61 Å². The second-order valence-electron chi connectivity index (χ2n) is 8.63. The molecule has 2 N–H and O–H groups in total. The third kappa shape index (κ3) is 7.70. The van der Waals surface area contributed by atoms with Crippen LogP contribution in [0.3, 0.4) is 0 Å². The second-order valence-corrected chi connectivity index (χ2v) is 8.63. The van der Waals surface area contributed by atoms with E-state index in [0.29, 0.717) is 23.4 Å². The Hall–Kier alpha value is -2.82. The van der Waals surface area contributed by atoms with Crippen molar-refractivity contribution in [2.45, 2.75) is 77.2 Å². The van der Waals surface area contributed by atoms with Crippen molar-refractivity contribution in [2.75, 3.05) is 11.9 Å². The lowest BCUT2D eigenvalue weighted by atomic mass is 9.95. The Balaban J connectivity index is 1.44. The van der Waals surface area contributed by atoms with Gasteiger partial charge in [-0.05, 0) is 67.8 Å². The van der Waals surface area contributed by atoms with E-state index in [1.54, 1.807) is 36.4 Å². The van der Waals surface area contributed by atoms with E-state index >= 15 is 0 Å². The molecule has 172 valence electrons. The van der Waals surface area contributed by atoms with Crippen molar-refractivity contribution in [3.63, 3.8) is 0 Å². The fourth-order valence-corrected chi connectivity index (χ4v) is 4.02. The van der Waals surface area contributed by atoms with E-state index in [9.17, 15) is 9.59 Å². The highest BCUT2D eigenvalue weighted by molar-refractivity contribution is 6.04. The highest BCUT2D eigenvalue weighted by atomic mass is 16.5. The predicted octanol–water partition coefficient (Wildman–Crippen LogP) is 6.35. The van der Waals surface area contributed by atoms with Crippen LogP contribution >= 0.6 is 0 Å². The standard InChI is InChI=1S/C27H36N2O3/c1-2-3-4-5-9-20-32-25-18-14-22(15-19-25)27(31)29-24-16-12-21(13-17-24)26(30)28-23-10-7-6-8-11-23/h12-19,23H,2-11,20H2,1H3,(H,28,30)(H,29,31). The first kappa shape index (κ1) is 23.8. The first-order valence-corrected chi connectivity index (χ1v) is 12.1. The number of nitrogens with one attached hydrogen (secondary N) is 2. The number of carbonyl (C=O) groups is 2. The minimum Gasteiger partial charge on any atom is -0.494 e. The average Bonchev–Trinajstić information content (AvgIpc) is 2.83. The van der Waals surface area contributed by atoms with Crippen molar-refractivity contribution in [1.29, 1.82) is 0 Å². The minimum atomic E-state index is -0.185. The number of hydrogen-bond donors (Lipinski definition) is 2. The summed E-state index contributed by atoms with van der Waals surface area (Å²) in [5.41, 5.74) is 1.85. The summed E-state index contributed by atoms with van der Waals surface area (Å²) in [5, 5.41) is 6.00. The summed E-state index contributed by atoms with van der Waals surface area (Å²) in [5.74, 6) is 0.552. The summed E-state index contributed by atoms with van der Waals surface area (Å²) < 4.78 is 5.76. The van der Waals surface area contributed by atoms with Gasteiger partial charge in [0.2, 0.25) is 0 Å². The van der Waals surface area contributed by atoms with Crippen LogP contribution in [-0.2, 0) is 0 Å². The highest BCUT2D eigenvalue weighted by Gasteiger charge is 2.16. The van der Waals surface area contributed by atoms with Crippen LogP contribution in [0.25, 0.3) is 0 Å². The van der Waals surface area contributed by atoms with Crippen LogP contribution < -0.4 is 15.4 Å². The fraction of sp³-hybridized carbons (Fsp3) is 0.481. The number of amides is 2. The molecule has 1 aliphatic carbocycles. The van der Waals surface area contributed by atoms with E-state index in [1.165, 1.54) is 44.9 Å². The minimum absolute atomic E-state index is 0.0456. The van der Waals surface area contributed by atoms with Crippen LogP contribution in [0.2, 0.25) is 0 Å². The zero-order valence-corrected chi connectivity index (χ0v) is 19.2. The van der Waals surface area contributed by atoms with Gasteiger partial charge in [-0.15, -0.1) is 0 Å². The third-order valence-corrected chi connectivity index (χ3v) is 5.98. The van der Waals surface area contributed by atoms with Crippen LogP contribution in [0, 0.1) is 0 Å². The monoisotopic (exact) mass is 436 g/mol. The molecule has 1 aliphatic rings. The predicted molar refractivity (Wildman–Crippen MR) is 129 cm³/mol. The van der Waals surface area contributed by atoms with Crippen LogP contribution in [0.15, 0.2) is 48.5 Å². The van der Waals surface area contributed by atoms with Crippen LogP contribution in [0.1, 0.15) is 91.8 Å². The Morgan fingerprint density at radius 3 is 2.12 bits per heavy atom. The molecule has 5 nitrogen and oxygen atoms in total. The number of benzene rings is 2. The van der Waals surface area contributed by atoms with Crippen molar-refractivity contribution in [1.82, 2.24) is 5.32 Å². The molecule has 32 heavy (non-hydrogen) atoms. The SMILES string of the molecule is CCCCCCCOc1ccc(C(=O)Nc2ccc(C(=O)NC3CCCCC3)cc2)cc1. The molecule has 0 radical (unpaired) electrons. The molecule has 0 unspecified atom stereocenters. The topological polar surface area (TPSA) is 67.4 Å². The number of anilines is 1. The summed E-state index contributed by atoms with van der Waals surface area (Å²) in [6, 6.07) is 14.5. The number of rotatable bonds is 11. The number of carbonyl (C=O) groups excluding carboxylic acids is 2. The molecule has 0 aliphatic heterocycles. The summed E-state index contributed by atoms with van der Waals surface area (Å²) in [6.45, 7) is 2.91. The van der Waals surface area contributed by atoms with Crippen molar-refractivity contribution < 1.29 is 14.3 Å². The molecule has 0 heterocycles. The van der Waals surface area contributed by atoms with Crippen molar-refractivity contribution >= 4 is 17.5 Å².